The van der Waals surface area contributed by atoms with E-state index in [1.54, 1.807) is 13.4 Å². The van der Waals surface area contributed by atoms with Crippen molar-refractivity contribution in [2.45, 2.75) is 13.0 Å². The molecule has 18 heavy (non-hydrogen) atoms. The lowest BCUT2D eigenvalue weighted by atomic mass is 10.2. The molecule has 96 valence electrons. The number of aromatic amines is 1. The van der Waals surface area contributed by atoms with Crippen LogP contribution in [0.25, 0.3) is 11.2 Å². The van der Waals surface area contributed by atoms with E-state index >= 15 is 0 Å². The molecule has 2 aromatic rings. The molecule has 0 aromatic carbocycles. The lowest BCUT2D eigenvalue weighted by Gasteiger charge is -2.34. The molecule has 1 fully saturated rings. The number of anilines is 2. The van der Waals surface area contributed by atoms with Gasteiger partial charge in [0.1, 0.15) is 5.52 Å². The molecular formula is C11H16N6O. The van der Waals surface area contributed by atoms with Crippen LogP contribution in [0.4, 0.5) is 11.8 Å². The summed E-state index contributed by atoms with van der Waals surface area (Å²) < 4.78 is 5.46. The average Bonchev–Trinajstić information content (AvgIpc) is 2.86. The molecule has 0 aliphatic carbocycles. The van der Waals surface area contributed by atoms with E-state index in [1.165, 1.54) is 0 Å². The number of imidazole rings is 1. The normalized spacial score (nSPS) is 20.3. The number of ether oxygens (including phenoxy) is 1. The second-order valence-electron chi connectivity index (χ2n) is 4.34. The van der Waals surface area contributed by atoms with E-state index in [-0.39, 0.29) is 0 Å². The van der Waals surface area contributed by atoms with Gasteiger partial charge in [-0.15, -0.1) is 0 Å². The number of fused-ring (bicyclic) bond motifs is 1. The second kappa shape index (κ2) is 4.41. The molecule has 0 bridgehead atoms. The maximum absolute atomic E-state index is 5.46. The van der Waals surface area contributed by atoms with Crippen molar-refractivity contribution < 1.29 is 4.74 Å². The van der Waals surface area contributed by atoms with Crippen LogP contribution in [0.3, 0.4) is 0 Å². The third-order valence-electron chi connectivity index (χ3n) is 3.13. The number of rotatable bonds is 2. The standard InChI is InChI=1S/C11H16N6O/c1-7-5-18-4-3-17(7)10-8-9(14-6-13-8)15-11(12-2)16-10/h6-7H,3-5H2,1-2H3,(H2,12,13,14,15,16). The maximum Gasteiger partial charge on any atom is 0.226 e. The second-order valence-corrected chi connectivity index (χ2v) is 4.34. The first-order valence-corrected chi connectivity index (χ1v) is 6.03. The van der Waals surface area contributed by atoms with Crippen LogP contribution in [0, 0.1) is 0 Å². The Morgan fingerprint density at radius 1 is 1.50 bits per heavy atom. The van der Waals surface area contributed by atoms with E-state index in [9.17, 15) is 0 Å². The van der Waals surface area contributed by atoms with E-state index in [2.05, 4.69) is 37.1 Å². The highest BCUT2D eigenvalue weighted by molar-refractivity contribution is 5.84. The van der Waals surface area contributed by atoms with Gasteiger partial charge in [0.15, 0.2) is 11.5 Å². The van der Waals surface area contributed by atoms with Crippen LogP contribution in [0.1, 0.15) is 6.92 Å². The summed E-state index contributed by atoms with van der Waals surface area (Å²) in [4.78, 5) is 18.4. The Bertz CT molecular complexity index is 553. The van der Waals surface area contributed by atoms with Gasteiger partial charge in [0.2, 0.25) is 5.95 Å². The molecule has 0 saturated carbocycles. The Morgan fingerprint density at radius 2 is 2.39 bits per heavy atom. The molecule has 7 heteroatoms. The van der Waals surface area contributed by atoms with Crippen molar-refractivity contribution in [2.75, 3.05) is 37.0 Å². The lowest BCUT2D eigenvalue weighted by molar-refractivity contribution is 0.0987. The van der Waals surface area contributed by atoms with E-state index in [0.717, 1.165) is 24.5 Å². The molecule has 7 nitrogen and oxygen atoms in total. The first kappa shape index (κ1) is 11.2. The SMILES string of the molecule is CNc1nc(N2CCOCC2C)c2[nH]cnc2n1. The summed E-state index contributed by atoms with van der Waals surface area (Å²) in [6.45, 7) is 4.39. The van der Waals surface area contributed by atoms with Crippen LogP contribution in [-0.2, 0) is 4.74 Å². The van der Waals surface area contributed by atoms with Crippen LogP contribution in [-0.4, -0.2) is 52.8 Å². The summed E-state index contributed by atoms with van der Waals surface area (Å²) in [5.41, 5.74) is 1.56. The zero-order valence-electron chi connectivity index (χ0n) is 10.5. The molecule has 1 aliphatic rings. The zero-order valence-corrected chi connectivity index (χ0v) is 10.5. The van der Waals surface area contributed by atoms with Crippen molar-refractivity contribution in [3.05, 3.63) is 6.33 Å². The van der Waals surface area contributed by atoms with E-state index in [0.29, 0.717) is 24.2 Å². The molecule has 0 amide bonds. The third-order valence-corrected chi connectivity index (χ3v) is 3.13. The number of hydrogen-bond acceptors (Lipinski definition) is 6. The number of nitrogens with zero attached hydrogens (tertiary/aromatic N) is 4. The van der Waals surface area contributed by atoms with Gasteiger partial charge in [-0.3, -0.25) is 0 Å². The van der Waals surface area contributed by atoms with Crippen LogP contribution in [0.2, 0.25) is 0 Å². The van der Waals surface area contributed by atoms with Crippen molar-refractivity contribution in [3.8, 4) is 0 Å². The highest BCUT2D eigenvalue weighted by Gasteiger charge is 2.23. The van der Waals surface area contributed by atoms with E-state index in [1.807, 2.05) is 0 Å². The van der Waals surface area contributed by atoms with Gasteiger partial charge in [-0.25, -0.2) is 4.98 Å². The summed E-state index contributed by atoms with van der Waals surface area (Å²) in [5.74, 6) is 1.47. The molecule has 2 aromatic heterocycles. The van der Waals surface area contributed by atoms with Crippen molar-refractivity contribution in [1.82, 2.24) is 19.9 Å². The van der Waals surface area contributed by atoms with Gasteiger partial charge in [-0.05, 0) is 6.92 Å². The molecule has 1 atom stereocenters. The van der Waals surface area contributed by atoms with E-state index < -0.39 is 0 Å². The van der Waals surface area contributed by atoms with Crippen LogP contribution >= 0.6 is 0 Å². The molecule has 0 radical (unpaired) electrons. The van der Waals surface area contributed by atoms with Crippen molar-refractivity contribution in [1.29, 1.82) is 0 Å². The average molecular weight is 248 g/mol. The highest BCUT2D eigenvalue weighted by atomic mass is 16.5. The summed E-state index contributed by atoms with van der Waals surface area (Å²) >= 11 is 0. The smallest absolute Gasteiger partial charge is 0.226 e. The predicted octanol–water partition coefficient (Wildman–Crippen LogP) is 0.620. The minimum Gasteiger partial charge on any atom is -0.377 e. The monoisotopic (exact) mass is 248 g/mol. The van der Waals surface area contributed by atoms with Gasteiger partial charge in [-0.1, -0.05) is 0 Å². The Balaban J connectivity index is 2.10. The number of nitrogens with one attached hydrogen (secondary N) is 2. The van der Waals surface area contributed by atoms with Crippen LogP contribution in [0.15, 0.2) is 6.33 Å². The first-order chi connectivity index (χ1) is 8.79. The Kier molecular flexibility index (Phi) is 2.75. The Labute approximate surface area is 105 Å². The van der Waals surface area contributed by atoms with Crippen molar-refractivity contribution >= 4 is 22.9 Å². The Morgan fingerprint density at radius 3 is 3.17 bits per heavy atom. The molecular weight excluding hydrogens is 232 g/mol. The molecule has 1 unspecified atom stereocenters. The molecule has 1 aliphatic heterocycles. The minimum atomic E-state index is 0.296. The number of morpholine rings is 1. The number of hydrogen-bond donors (Lipinski definition) is 2. The van der Waals surface area contributed by atoms with Crippen molar-refractivity contribution in [2.24, 2.45) is 0 Å². The molecule has 3 rings (SSSR count). The Hall–Kier alpha value is -1.89. The third kappa shape index (κ3) is 1.76. The van der Waals surface area contributed by atoms with E-state index in [4.69, 9.17) is 4.74 Å². The van der Waals surface area contributed by atoms with Gasteiger partial charge in [0.05, 0.1) is 25.6 Å². The quantitative estimate of drug-likeness (QED) is 0.811. The molecule has 0 spiro atoms. The van der Waals surface area contributed by atoms with Crippen LogP contribution in [0.5, 0.6) is 0 Å². The summed E-state index contributed by atoms with van der Waals surface area (Å²) in [7, 11) is 1.81. The van der Waals surface area contributed by atoms with Gasteiger partial charge < -0.3 is 19.9 Å². The van der Waals surface area contributed by atoms with Crippen molar-refractivity contribution in [3.63, 3.8) is 0 Å². The maximum atomic E-state index is 5.46. The topological polar surface area (TPSA) is 79.0 Å². The zero-order chi connectivity index (χ0) is 12.5. The summed E-state index contributed by atoms with van der Waals surface area (Å²) in [5, 5.41) is 2.97. The molecule has 3 heterocycles. The molecule has 1 saturated heterocycles. The molecule has 2 N–H and O–H groups in total. The fourth-order valence-electron chi connectivity index (χ4n) is 2.18. The summed E-state index contributed by atoms with van der Waals surface area (Å²) in [6.07, 6.45) is 1.65. The van der Waals surface area contributed by atoms with Crippen LogP contribution < -0.4 is 10.2 Å². The lowest BCUT2D eigenvalue weighted by Crippen LogP contribution is -2.44. The van der Waals surface area contributed by atoms with Gasteiger partial charge in [0.25, 0.3) is 0 Å². The fourth-order valence-corrected chi connectivity index (χ4v) is 2.18. The highest BCUT2D eigenvalue weighted by Crippen LogP contribution is 2.25. The fraction of sp³-hybridized carbons (Fsp3) is 0.545. The van der Waals surface area contributed by atoms with Gasteiger partial charge >= 0.3 is 0 Å². The largest absolute Gasteiger partial charge is 0.377 e. The van der Waals surface area contributed by atoms with Gasteiger partial charge in [0, 0.05) is 13.6 Å². The minimum absolute atomic E-state index is 0.296. The van der Waals surface area contributed by atoms with Gasteiger partial charge in [-0.2, -0.15) is 9.97 Å². The number of H-pyrrole nitrogens is 1. The first-order valence-electron chi connectivity index (χ1n) is 6.03. The summed E-state index contributed by atoms with van der Waals surface area (Å²) in [6, 6.07) is 0.296. The number of aromatic nitrogens is 4. The predicted molar refractivity (Wildman–Crippen MR) is 68.9 cm³/mol.